The van der Waals surface area contributed by atoms with Crippen LogP contribution in [0.1, 0.15) is 18.9 Å². The van der Waals surface area contributed by atoms with Gasteiger partial charge < -0.3 is 14.8 Å². The van der Waals surface area contributed by atoms with E-state index in [1.807, 2.05) is 19.9 Å². The Hall–Kier alpha value is -0.995. The molecule has 76 valence electrons. The summed E-state index contributed by atoms with van der Waals surface area (Å²) in [5.74, 6) is 0.690. The van der Waals surface area contributed by atoms with E-state index < -0.39 is 7.12 Å². The van der Waals surface area contributed by atoms with E-state index in [1.165, 1.54) is 0 Å². The summed E-state index contributed by atoms with van der Waals surface area (Å²) in [5.41, 5.74) is 1.43. The maximum atomic E-state index is 9.00. The van der Waals surface area contributed by atoms with Crippen LogP contribution < -0.4 is 10.2 Å². The second kappa shape index (κ2) is 5.03. The van der Waals surface area contributed by atoms with Crippen LogP contribution in [0.4, 0.5) is 0 Å². The molecule has 1 rings (SSSR count). The highest BCUT2D eigenvalue weighted by molar-refractivity contribution is 6.58. The van der Waals surface area contributed by atoms with Crippen molar-refractivity contribution in [2.45, 2.75) is 20.3 Å². The Morgan fingerprint density at radius 3 is 2.57 bits per heavy atom. The Balaban J connectivity index is 2.84. The zero-order chi connectivity index (χ0) is 10.6. The van der Waals surface area contributed by atoms with Gasteiger partial charge in [-0.3, -0.25) is 0 Å². The Labute approximate surface area is 84.5 Å². The molecule has 0 aliphatic heterocycles. The van der Waals surface area contributed by atoms with E-state index in [0.717, 1.165) is 12.0 Å². The molecule has 0 aliphatic rings. The van der Waals surface area contributed by atoms with E-state index >= 15 is 0 Å². The van der Waals surface area contributed by atoms with Gasteiger partial charge in [-0.15, -0.1) is 0 Å². The van der Waals surface area contributed by atoms with Gasteiger partial charge in [-0.25, -0.2) is 0 Å². The van der Waals surface area contributed by atoms with Crippen molar-refractivity contribution < 1.29 is 14.8 Å². The minimum Gasteiger partial charge on any atom is -0.494 e. The molecule has 0 aromatic heterocycles. The van der Waals surface area contributed by atoms with Crippen molar-refractivity contribution in [3.63, 3.8) is 0 Å². The topological polar surface area (TPSA) is 49.7 Å². The fraction of sp³-hybridized carbons (Fsp3) is 0.400. The van der Waals surface area contributed by atoms with Crippen molar-refractivity contribution in [1.29, 1.82) is 0 Å². The van der Waals surface area contributed by atoms with Crippen molar-refractivity contribution >= 4 is 12.6 Å². The van der Waals surface area contributed by atoms with Gasteiger partial charge in [0, 0.05) is 0 Å². The Morgan fingerprint density at radius 1 is 1.29 bits per heavy atom. The van der Waals surface area contributed by atoms with Crippen LogP contribution in [0.3, 0.4) is 0 Å². The molecular formula is C10H15BO3. The highest BCUT2D eigenvalue weighted by Gasteiger charge is 2.12. The van der Waals surface area contributed by atoms with Gasteiger partial charge in [0.05, 0.1) is 6.61 Å². The molecule has 2 N–H and O–H groups in total. The number of hydrogen-bond acceptors (Lipinski definition) is 3. The predicted molar refractivity (Wildman–Crippen MR) is 56.8 cm³/mol. The molecule has 0 spiro atoms. The van der Waals surface area contributed by atoms with Gasteiger partial charge in [0.15, 0.2) is 0 Å². The van der Waals surface area contributed by atoms with Crippen molar-refractivity contribution in [3.8, 4) is 5.75 Å². The number of ether oxygens (including phenoxy) is 1. The summed E-state index contributed by atoms with van der Waals surface area (Å²) in [6.45, 7) is 4.56. The zero-order valence-electron chi connectivity index (χ0n) is 8.53. The van der Waals surface area contributed by atoms with Gasteiger partial charge >= 0.3 is 7.12 Å². The van der Waals surface area contributed by atoms with Crippen LogP contribution >= 0.6 is 0 Å². The Morgan fingerprint density at radius 2 is 2.00 bits per heavy atom. The first-order valence-electron chi connectivity index (χ1n) is 4.74. The Kier molecular flexibility index (Phi) is 3.98. The van der Waals surface area contributed by atoms with Crippen LogP contribution in [0.15, 0.2) is 18.2 Å². The lowest BCUT2D eigenvalue weighted by molar-refractivity contribution is 0.317. The predicted octanol–water partition coefficient (Wildman–Crippen LogP) is 0.464. The summed E-state index contributed by atoms with van der Waals surface area (Å²) in [6, 6.07) is 5.25. The minimum absolute atomic E-state index is 0.469. The van der Waals surface area contributed by atoms with E-state index in [0.29, 0.717) is 17.8 Å². The average Bonchev–Trinajstić information content (AvgIpc) is 2.14. The van der Waals surface area contributed by atoms with Gasteiger partial charge in [0.1, 0.15) is 5.75 Å². The monoisotopic (exact) mass is 194 g/mol. The normalized spacial score (nSPS) is 10.0. The van der Waals surface area contributed by atoms with E-state index in [2.05, 4.69) is 0 Å². The zero-order valence-corrected chi connectivity index (χ0v) is 8.53. The second-order valence-electron chi connectivity index (χ2n) is 3.30. The quantitative estimate of drug-likeness (QED) is 0.684. The van der Waals surface area contributed by atoms with E-state index in [-0.39, 0.29) is 0 Å². The maximum absolute atomic E-state index is 9.00. The lowest BCUT2D eigenvalue weighted by atomic mass is 9.79. The summed E-state index contributed by atoms with van der Waals surface area (Å²) >= 11 is 0. The molecule has 0 amide bonds. The van der Waals surface area contributed by atoms with E-state index in [1.54, 1.807) is 12.1 Å². The summed E-state index contributed by atoms with van der Waals surface area (Å²) in [5, 5.41) is 18.0. The first-order valence-corrected chi connectivity index (χ1v) is 4.74. The largest absolute Gasteiger partial charge is 0.494 e. The molecule has 1 aromatic rings. The Bertz CT molecular complexity index is 299. The summed E-state index contributed by atoms with van der Waals surface area (Å²) in [4.78, 5) is 0. The minimum atomic E-state index is -1.43. The first kappa shape index (κ1) is 11.1. The molecule has 14 heavy (non-hydrogen) atoms. The second-order valence-corrected chi connectivity index (χ2v) is 3.30. The third-order valence-electron chi connectivity index (χ3n) is 1.84. The third-order valence-corrected chi connectivity index (χ3v) is 1.84. The standard InChI is InChI=1S/C10H15BO3/c1-3-4-14-10-6-8(2)5-9(7-10)11(12)13/h5-7,12-13H,3-4H2,1-2H3. The smallest absolute Gasteiger partial charge is 0.488 e. The lowest BCUT2D eigenvalue weighted by Gasteiger charge is -2.08. The van der Waals surface area contributed by atoms with Gasteiger partial charge in [-0.1, -0.05) is 13.0 Å². The van der Waals surface area contributed by atoms with E-state index in [4.69, 9.17) is 14.8 Å². The van der Waals surface area contributed by atoms with Crippen molar-refractivity contribution in [3.05, 3.63) is 23.8 Å². The van der Waals surface area contributed by atoms with Gasteiger partial charge in [-0.2, -0.15) is 0 Å². The highest BCUT2D eigenvalue weighted by Crippen LogP contribution is 2.11. The van der Waals surface area contributed by atoms with Crippen LogP contribution in [-0.4, -0.2) is 23.8 Å². The van der Waals surface area contributed by atoms with Crippen molar-refractivity contribution in [1.82, 2.24) is 0 Å². The highest BCUT2D eigenvalue weighted by atomic mass is 16.5. The average molecular weight is 194 g/mol. The molecule has 4 heteroatoms. The number of aryl methyl sites for hydroxylation is 1. The lowest BCUT2D eigenvalue weighted by Crippen LogP contribution is -2.30. The van der Waals surface area contributed by atoms with Gasteiger partial charge in [0.25, 0.3) is 0 Å². The molecule has 0 fully saturated rings. The van der Waals surface area contributed by atoms with Crippen molar-refractivity contribution in [2.75, 3.05) is 6.61 Å². The first-order chi connectivity index (χ1) is 6.63. The molecule has 0 aliphatic carbocycles. The van der Waals surface area contributed by atoms with Gasteiger partial charge in [0.2, 0.25) is 0 Å². The number of hydrogen-bond donors (Lipinski definition) is 2. The number of rotatable bonds is 4. The molecule has 0 unspecified atom stereocenters. The fourth-order valence-electron chi connectivity index (χ4n) is 1.23. The van der Waals surface area contributed by atoms with Gasteiger partial charge in [-0.05, 0) is 36.5 Å². The van der Waals surface area contributed by atoms with Crippen LogP contribution in [0, 0.1) is 6.92 Å². The summed E-state index contributed by atoms with van der Waals surface area (Å²) < 4.78 is 5.40. The molecule has 0 heterocycles. The molecular weight excluding hydrogens is 179 g/mol. The molecule has 1 aromatic carbocycles. The molecule has 3 nitrogen and oxygen atoms in total. The van der Waals surface area contributed by atoms with Crippen LogP contribution in [0.2, 0.25) is 0 Å². The molecule has 0 saturated heterocycles. The van der Waals surface area contributed by atoms with Crippen LogP contribution in [0.5, 0.6) is 5.75 Å². The molecule has 0 bridgehead atoms. The van der Waals surface area contributed by atoms with E-state index in [9.17, 15) is 0 Å². The molecule has 0 atom stereocenters. The fourth-order valence-corrected chi connectivity index (χ4v) is 1.23. The third kappa shape index (κ3) is 3.05. The van der Waals surface area contributed by atoms with Crippen LogP contribution in [0.25, 0.3) is 0 Å². The van der Waals surface area contributed by atoms with Crippen molar-refractivity contribution in [2.24, 2.45) is 0 Å². The summed E-state index contributed by atoms with van der Waals surface area (Å²) in [6.07, 6.45) is 0.935. The summed E-state index contributed by atoms with van der Waals surface area (Å²) in [7, 11) is -1.43. The SMILES string of the molecule is CCCOc1cc(C)cc(B(O)O)c1. The number of benzene rings is 1. The molecule has 0 radical (unpaired) electrons. The molecule has 0 saturated carbocycles. The van der Waals surface area contributed by atoms with Crippen LogP contribution in [-0.2, 0) is 0 Å². The maximum Gasteiger partial charge on any atom is 0.488 e.